The van der Waals surface area contributed by atoms with E-state index in [0.29, 0.717) is 36.0 Å². The molecule has 0 aromatic heterocycles. The molecule has 4 nitrogen and oxygen atoms in total. The van der Waals surface area contributed by atoms with Crippen LogP contribution in [0, 0.1) is 51.2 Å². The lowest BCUT2D eigenvalue weighted by atomic mass is 9.34. The topological polar surface area (TPSA) is 55.4 Å². The molecule has 0 radical (unpaired) electrons. The van der Waals surface area contributed by atoms with Crippen LogP contribution in [0.4, 0.5) is 0 Å². The van der Waals surface area contributed by atoms with E-state index in [0.717, 1.165) is 50.4 Å². The molecule has 0 spiro atoms. The molecule has 0 aliphatic heterocycles. The van der Waals surface area contributed by atoms with Crippen LogP contribution in [0.2, 0.25) is 0 Å². The van der Waals surface area contributed by atoms with E-state index in [1.54, 1.807) is 0 Å². The lowest BCUT2D eigenvalue weighted by Crippen LogP contribution is -2.71. The maximum Gasteiger partial charge on any atom is 0.306 e. The predicted molar refractivity (Wildman–Crippen MR) is 167 cm³/mol. The molecule has 4 fully saturated rings. The van der Waals surface area contributed by atoms with Gasteiger partial charge < -0.3 is 10.1 Å². The standard InChI is InChI=1S/C37H61NO3/c1-10-12-30(39)38-37(9)28-17-21-36(8)27(34(28,6)20-18-29(37)41-31(40)13-11-2)15-14-26-32-25(4)24(3)16-19-33(32,5)22-23-35(26,36)7/h14,24-25,27-29,32H,10-13,15-23H2,1-9H3,(H,38,39)/t24-,25+,27-,28-,29-,32+,33-,34-,35-,36-,37-/m1/s1. The second-order valence-corrected chi connectivity index (χ2v) is 16.6. The zero-order chi connectivity index (χ0) is 30.0. The molecule has 1 amide bonds. The fourth-order valence-corrected chi connectivity index (χ4v) is 11.9. The second kappa shape index (κ2) is 10.7. The first-order valence-corrected chi connectivity index (χ1v) is 17.4. The molecule has 0 bridgehead atoms. The Labute approximate surface area is 251 Å². The first-order chi connectivity index (χ1) is 19.2. The van der Waals surface area contributed by atoms with Gasteiger partial charge in [0.15, 0.2) is 0 Å². The third kappa shape index (κ3) is 4.57. The van der Waals surface area contributed by atoms with Gasteiger partial charge in [0.25, 0.3) is 0 Å². The fourth-order valence-electron chi connectivity index (χ4n) is 11.9. The van der Waals surface area contributed by atoms with Gasteiger partial charge in [-0.2, -0.15) is 0 Å². The molecular formula is C37H61NO3. The summed E-state index contributed by atoms with van der Waals surface area (Å²) in [4.78, 5) is 26.0. The van der Waals surface area contributed by atoms with E-state index in [-0.39, 0.29) is 34.2 Å². The average Bonchev–Trinajstić information content (AvgIpc) is 2.89. The normalized spacial score (nSPS) is 49.0. The van der Waals surface area contributed by atoms with Gasteiger partial charge in [0, 0.05) is 12.8 Å². The highest BCUT2D eigenvalue weighted by Crippen LogP contribution is 2.75. The highest BCUT2D eigenvalue weighted by Gasteiger charge is 2.69. The molecule has 0 heterocycles. The number of hydrogen-bond acceptors (Lipinski definition) is 3. The molecule has 5 aliphatic carbocycles. The van der Waals surface area contributed by atoms with E-state index in [9.17, 15) is 9.59 Å². The molecule has 11 atom stereocenters. The Morgan fingerprint density at radius 1 is 0.878 bits per heavy atom. The molecule has 0 aromatic rings. The number of nitrogens with one attached hydrogen (secondary N) is 1. The smallest absolute Gasteiger partial charge is 0.306 e. The van der Waals surface area contributed by atoms with Crippen LogP contribution in [0.3, 0.4) is 0 Å². The Balaban J connectivity index is 1.53. The summed E-state index contributed by atoms with van der Waals surface area (Å²) in [6.07, 6.45) is 15.8. The molecular weight excluding hydrogens is 506 g/mol. The molecule has 5 aliphatic rings. The van der Waals surface area contributed by atoms with Gasteiger partial charge >= 0.3 is 5.97 Å². The van der Waals surface area contributed by atoms with Gasteiger partial charge in [-0.3, -0.25) is 9.59 Å². The first kappa shape index (κ1) is 31.1. The highest BCUT2D eigenvalue weighted by atomic mass is 16.5. The maximum atomic E-state index is 13.2. The van der Waals surface area contributed by atoms with E-state index < -0.39 is 5.54 Å². The number of esters is 1. The number of hydrogen-bond donors (Lipinski definition) is 1. The Hall–Kier alpha value is -1.32. The summed E-state index contributed by atoms with van der Waals surface area (Å²) >= 11 is 0. The second-order valence-electron chi connectivity index (χ2n) is 16.6. The van der Waals surface area contributed by atoms with Crippen molar-refractivity contribution in [3.63, 3.8) is 0 Å². The molecule has 0 unspecified atom stereocenters. The number of ether oxygens (including phenoxy) is 1. The monoisotopic (exact) mass is 567 g/mol. The molecule has 0 aromatic carbocycles. The minimum atomic E-state index is -0.534. The van der Waals surface area contributed by atoms with Crippen LogP contribution in [0.25, 0.3) is 0 Å². The van der Waals surface area contributed by atoms with Gasteiger partial charge in [0.2, 0.25) is 5.91 Å². The molecule has 41 heavy (non-hydrogen) atoms. The molecule has 1 N–H and O–H groups in total. The average molecular weight is 568 g/mol. The molecule has 4 saturated carbocycles. The number of carbonyl (C=O) groups excluding carboxylic acids is 2. The van der Waals surface area contributed by atoms with Crippen molar-refractivity contribution in [1.29, 1.82) is 0 Å². The maximum absolute atomic E-state index is 13.2. The SMILES string of the molecule is CCCC(=O)N[C@]1(C)[C@@H]2CC[C@]3(C)[C@H](CC=C4[C@@H]5[C@@H](C)[C@H](C)CC[C@]5(C)CC[C@]43C)[C@@]2(C)CC[C@H]1OC(=O)CCC. The van der Waals surface area contributed by atoms with Gasteiger partial charge in [-0.15, -0.1) is 0 Å². The lowest BCUT2D eigenvalue weighted by molar-refractivity contribution is -0.202. The Kier molecular flexibility index (Phi) is 8.11. The highest BCUT2D eigenvalue weighted by molar-refractivity contribution is 5.77. The van der Waals surface area contributed by atoms with Gasteiger partial charge in [-0.25, -0.2) is 0 Å². The van der Waals surface area contributed by atoms with E-state index in [1.807, 2.05) is 12.5 Å². The van der Waals surface area contributed by atoms with Crippen molar-refractivity contribution in [2.75, 3.05) is 0 Å². The van der Waals surface area contributed by atoms with Crippen LogP contribution in [-0.2, 0) is 14.3 Å². The number of fused-ring (bicyclic) bond motifs is 7. The van der Waals surface area contributed by atoms with Crippen LogP contribution in [-0.4, -0.2) is 23.5 Å². The summed E-state index contributed by atoms with van der Waals surface area (Å²) in [7, 11) is 0. The van der Waals surface area contributed by atoms with E-state index in [2.05, 4.69) is 66.8 Å². The Morgan fingerprint density at radius 2 is 1.59 bits per heavy atom. The largest absolute Gasteiger partial charge is 0.460 e. The number of allylic oxidation sites excluding steroid dienone is 2. The van der Waals surface area contributed by atoms with Crippen molar-refractivity contribution in [1.82, 2.24) is 5.32 Å². The molecule has 5 rings (SSSR count). The Bertz CT molecular complexity index is 1070. The zero-order valence-corrected chi connectivity index (χ0v) is 28.0. The van der Waals surface area contributed by atoms with Gasteiger partial charge in [-0.1, -0.05) is 67.0 Å². The van der Waals surface area contributed by atoms with Crippen molar-refractivity contribution in [2.45, 2.75) is 157 Å². The van der Waals surface area contributed by atoms with Crippen molar-refractivity contribution in [3.8, 4) is 0 Å². The Morgan fingerprint density at radius 3 is 2.27 bits per heavy atom. The van der Waals surface area contributed by atoms with E-state index >= 15 is 0 Å². The number of amides is 1. The van der Waals surface area contributed by atoms with Crippen molar-refractivity contribution in [2.24, 2.45) is 51.2 Å². The number of carbonyl (C=O) groups is 2. The summed E-state index contributed by atoms with van der Waals surface area (Å²) in [5.41, 5.74) is 2.28. The summed E-state index contributed by atoms with van der Waals surface area (Å²) < 4.78 is 6.21. The zero-order valence-electron chi connectivity index (χ0n) is 28.0. The van der Waals surface area contributed by atoms with Crippen LogP contribution >= 0.6 is 0 Å². The quantitative estimate of drug-likeness (QED) is 0.257. The minimum Gasteiger partial charge on any atom is -0.460 e. The van der Waals surface area contributed by atoms with Gasteiger partial charge in [0.1, 0.15) is 6.10 Å². The van der Waals surface area contributed by atoms with E-state index in [4.69, 9.17) is 4.74 Å². The van der Waals surface area contributed by atoms with Crippen LogP contribution in [0.15, 0.2) is 11.6 Å². The van der Waals surface area contributed by atoms with Gasteiger partial charge in [0.05, 0.1) is 5.54 Å². The predicted octanol–water partition coefficient (Wildman–Crippen LogP) is 9.02. The van der Waals surface area contributed by atoms with Crippen LogP contribution in [0.1, 0.15) is 146 Å². The van der Waals surface area contributed by atoms with Crippen LogP contribution in [0.5, 0.6) is 0 Å². The minimum absolute atomic E-state index is 0.0895. The van der Waals surface area contributed by atoms with Crippen molar-refractivity contribution in [3.05, 3.63) is 11.6 Å². The lowest BCUT2D eigenvalue weighted by Gasteiger charge is -2.71. The van der Waals surface area contributed by atoms with Crippen molar-refractivity contribution < 1.29 is 14.3 Å². The van der Waals surface area contributed by atoms with Crippen molar-refractivity contribution >= 4 is 11.9 Å². The summed E-state index contributed by atoms with van der Waals surface area (Å²) in [5.74, 6) is 3.11. The van der Waals surface area contributed by atoms with Crippen LogP contribution < -0.4 is 5.32 Å². The molecule has 0 saturated heterocycles. The summed E-state index contributed by atoms with van der Waals surface area (Å²) in [6, 6.07) is 0. The first-order valence-electron chi connectivity index (χ1n) is 17.4. The third-order valence-corrected chi connectivity index (χ3v) is 14.6. The number of rotatable bonds is 6. The molecule has 232 valence electrons. The third-order valence-electron chi connectivity index (χ3n) is 14.6. The summed E-state index contributed by atoms with van der Waals surface area (Å²) in [6.45, 7) is 21.8. The molecule has 4 heteroatoms. The van der Waals surface area contributed by atoms with E-state index in [1.165, 1.54) is 32.1 Å². The fraction of sp³-hybridized carbons (Fsp3) is 0.892. The van der Waals surface area contributed by atoms with Gasteiger partial charge in [-0.05, 0) is 129 Å². The summed E-state index contributed by atoms with van der Waals surface area (Å²) in [5, 5.41) is 3.51.